The summed E-state index contributed by atoms with van der Waals surface area (Å²) in [7, 11) is 0. The Bertz CT molecular complexity index is 832. The van der Waals surface area contributed by atoms with Crippen LogP contribution in [-0.4, -0.2) is 30.4 Å². The van der Waals surface area contributed by atoms with Gasteiger partial charge >= 0.3 is 0 Å². The number of nitrogens with zero attached hydrogens (tertiary/aromatic N) is 4. The summed E-state index contributed by atoms with van der Waals surface area (Å²) in [5.74, 6) is 1.86. The number of anilines is 1. The molecule has 0 aliphatic carbocycles. The highest BCUT2D eigenvalue weighted by molar-refractivity contribution is 7.99. The number of imidazole rings is 1. The second-order valence-electron chi connectivity index (χ2n) is 6.08. The van der Waals surface area contributed by atoms with Gasteiger partial charge in [-0.05, 0) is 17.9 Å². The molecule has 126 valence electrons. The van der Waals surface area contributed by atoms with E-state index >= 15 is 0 Å². The van der Waals surface area contributed by atoms with Crippen molar-refractivity contribution in [3.8, 4) is 6.01 Å². The van der Waals surface area contributed by atoms with E-state index in [-0.39, 0.29) is 6.01 Å². The van der Waals surface area contributed by atoms with Gasteiger partial charge in [-0.15, -0.1) is 0 Å². The minimum atomic E-state index is -0.0980. The molecule has 0 fully saturated rings. The van der Waals surface area contributed by atoms with Gasteiger partial charge in [-0.3, -0.25) is 4.57 Å². The number of nitrogens with two attached hydrogens (primary N) is 1. The van der Waals surface area contributed by atoms with Crippen molar-refractivity contribution in [2.45, 2.75) is 32.0 Å². The zero-order valence-corrected chi connectivity index (χ0v) is 14.6. The molecule has 0 saturated heterocycles. The smallest absolute Gasteiger partial charge is 0.296 e. The minimum Gasteiger partial charge on any atom is -0.480 e. The van der Waals surface area contributed by atoms with Crippen molar-refractivity contribution in [3.05, 3.63) is 35.9 Å². The highest BCUT2D eigenvalue weighted by atomic mass is 32.2. The van der Waals surface area contributed by atoms with Crippen molar-refractivity contribution in [2.24, 2.45) is 5.92 Å². The van der Waals surface area contributed by atoms with E-state index in [0.29, 0.717) is 34.6 Å². The quantitative estimate of drug-likeness (QED) is 0.527. The van der Waals surface area contributed by atoms with Crippen LogP contribution in [0.3, 0.4) is 0 Å². The Labute approximate surface area is 145 Å². The molecule has 2 heterocycles. The molecule has 0 spiro atoms. The Hall–Kier alpha value is -2.28. The molecule has 1 aromatic carbocycles. The van der Waals surface area contributed by atoms with Gasteiger partial charge in [0.1, 0.15) is 0 Å². The molecule has 2 aromatic heterocycles. The van der Waals surface area contributed by atoms with E-state index in [9.17, 15) is 5.11 Å². The van der Waals surface area contributed by atoms with Crippen molar-refractivity contribution in [1.29, 1.82) is 0 Å². The van der Waals surface area contributed by atoms with E-state index in [4.69, 9.17) is 5.73 Å². The number of aromatic hydroxyl groups is 1. The molecule has 24 heavy (non-hydrogen) atoms. The summed E-state index contributed by atoms with van der Waals surface area (Å²) in [6, 6.07) is 9.77. The Morgan fingerprint density at radius 3 is 2.62 bits per heavy atom. The van der Waals surface area contributed by atoms with Crippen LogP contribution < -0.4 is 5.73 Å². The van der Waals surface area contributed by atoms with Gasteiger partial charge in [0, 0.05) is 5.75 Å². The largest absolute Gasteiger partial charge is 0.480 e. The van der Waals surface area contributed by atoms with Crippen LogP contribution in [0.5, 0.6) is 6.01 Å². The summed E-state index contributed by atoms with van der Waals surface area (Å²) in [6.45, 7) is 4.85. The molecule has 0 bridgehead atoms. The number of nitrogen functional groups attached to an aromatic ring is 1. The fourth-order valence-corrected chi connectivity index (χ4v) is 3.44. The monoisotopic (exact) mass is 343 g/mol. The van der Waals surface area contributed by atoms with Gasteiger partial charge in [0.25, 0.3) is 6.01 Å². The number of hydrogen-bond donors (Lipinski definition) is 2. The first kappa shape index (κ1) is 16.6. The standard InChI is InChI=1S/C17H21N5OS/c1-11(2)8-9-24-16-20-14(18)13-15(21-16)22(17(23)19-13)10-12-6-4-3-5-7-12/h3-7,11H,8-10H2,1-2H3,(H,19,23)(H2,18,20,21). The van der Waals surface area contributed by atoms with E-state index in [0.717, 1.165) is 17.7 Å². The first-order valence-corrected chi connectivity index (χ1v) is 8.92. The van der Waals surface area contributed by atoms with Crippen LogP contribution >= 0.6 is 11.8 Å². The zero-order chi connectivity index (χ0) is 17.1. The van der Waals surface area contributed by atoms with E-state index in [2.05, 4.69) is 28.8 Å². The Kier molecular flexibility index (Phi) is 4.89. The van der Waals surface area contributed by atoms with Crippen LogP contribution in [0.1, 0.15) is 25.8 Å². The van der Waals surface area contributed by atoms with Gasteiger partial charge < -0.3 is 10.8 Å². The lowest BCUT2D eigenvalue weighted by Gasteiger charge is -2.07. The normalized spacial score (nSPS) is 11.5. The van der Waals surface area contributed by atoms with E-state index in [1.54, 1.807) is 16.3 Å². The summed E-state index contributed by atoms with van der Waals surface area (Å²) >= 11 is 1.58. The van der Waals surface area contributed by atoms with Crippen LogP contribution in [0.4, 0.5) is 5.82 Å². The van der Waals surface area contributed by atoms with Gasteiger partial charge in [0.15, 0.2) is 22.1 Å². The fourth-order valence-electron chi connectivity index (χ4n) is 2.35. The Balaban J connectivity index is 1.93. The molecule has 0 aliphatic rings. The molecule has 0 atom stereocenters. The lowest BCUT2D eigenvalue weighted by Crippen LogP contribution is -2.03. The molecule has 3 aromatic rings. The number of fused-ring (bicyclic) bond motifs is 1. The predicted molar refractivity (Wildman–Crippen MR) is 97.1 cm³/mol. The number of aromatic nitrogens is 4. The molecule has 3 N–H and O–H groups in total. The Morgan fingerprint density at radius 2 is 1.92 bits per heavy atom. The summed E-state index contributed by atoms with van der Waals surface area (Å²) in [5, 5.41) is 10.8. The van der Waals surface area contributed by atoms with Crippen molar-refractivity contribution < 1.29 is 5.11 Å². The second kappa shape index (κ2) is 7.09. The molecule has 0 aliphatic heterocycles. The van der Waals surface area contributed by atoms with Crippen molar-refractivity contribution in [2.75, 3.05) is 11.5 Å². The maximum absolute atomic E-state index is 10.2. The van der Waals surface area contributed by atoms with Crippen molar-refractivity contribution in [1.82, 2.24) is 19.5 Å². The summed E-state index contributed by atoms with van der Waals surface area (Å²) < 4.78 is 1.66. The number of benzene rings is 1. The third kappa shape index (κ3) is 3.62. The number of hydrogen-bond acceptors (Lipinski definition) is 6. The molecule has 3 rings (SSSR count). The van der Waals surface area contributed by atoms with Crippen LogP contribution in [0.2, 0.25) is 0 Å². The average molecular weight is 343 g/mol. The zero-order valence-electron chi connectivity index (χ0n) is 13.8. The molecule has 7 heteroatoms. The highest BCUT2D eigenvalue weighted by Gasteiger charge is 2.16. The number of rotatable bonds is 6. The molecule has 0 unspecified atom stereocenters. The van der Waals surface area contributed by atoms with E-state index in [1.165, 1.54) is 0 Å². The van der Waals surface area contributed by atoms with Crippen molar-refractivity contribution in [3.63, 3.8) is 0 Å². The lowest BCUT2D eigenvalue weighted by molar-refractivity contribution is 0.408. The topological polar surface area (TPSA) is 89.9 Å². The van der Waals surface area contributed by atoms with Gasteiger partial charge in [-0.25, -0.2) is 9.97 Å². The third-order valence-corrected chi connectivity index (χ3v) is 4.57. The number of thioether (sulfide) groups is 1. The van der Waals surface area contributed by atoms with Crippen LogP contribution in [0, 0.1) is 5.92 Å². The fraction of sp³-hybridized carbons (Fsp3) is 0.353. The van der Waals surface area contributed by atoms with Gasteiger partial charge in [0.2, 0.25) is 0 Å². The lowest BCUT2D eigenvalue weighted by atomic mass is 10.2. The second-order valence-corrected chi connectivity index (χ2v) is 7.14. The maximum Gasteiger partial charge on any atom is 0.296 e. The minimum absolute atomic E-state index is 0.0980. The Morgan fingerprint density at radius 1 is 1.17 bits per heavy atom. The molecular weight excluding hydrogens is 322 g/mol. The average Bonchev–Trinajstić information content (AvgIpc) is 2.85. The SMILES string of the molecule is CC(C)CCSc1nc(N)c2nc(O)n(Cc3ccccc3)c2n1. The van der Waals surface area contributed by atoms with E-state index < -0.39 is 0 Å². The maximum atomic E-state index is 10.2. The van der Waals surface area contributed by atoms with Crippen LogP contribution in [-0.2, 0) is 6.54 Å². The van der Waals surface area contributed by atoms with Crippen molar-refractivity contribution >= 4 is 28.7 Å². The molecule has 0 amide bonds. The van der Waals surface area contributed by atoms with E-state index in [1.807, 2.05) is 30.3 Å². The molecule has 0 radical (unpaired) electrons. The molecule has 0 saturated carbocycles. The van der Waals surface area contributed by atoms with Gasteiger partial charge in [-0.1, -0.05) is 55.9 Å². The first-order chi connectivity index (χ1) is 11.5. The third-order valence-electron chi connectivity index (χ3n) is 3.69. The summed E-state index contributed by atoms with van der Waals surface area (Å²) in [4.78, 5) is 13.0. The first-order valence-electron chi connectivity index (χ1n) is 7.94. The van der Waals surface area contributed by atoms with Crippen LogP contribution in [0.15, 0.2) is 35.5 Å². The summed E-state index contributed by atoms with van der Waals surface area (Å²) in [5.41, 5.74) is 8.07. The van der Waals surface area contributed by atoms with Gasteiger partial charge in [0.05, 0.1) is 6.54 Å². The van der Waals surface area contributed by atoms with Gasteiger partial charge in [-0.2, -0.15) is 4.98 Å². The predicted octanol–water partition coefficient (Wildman–Crippen LogP) is 3.30. The van der Waals surface area contributed by atoms with Crippen LogP contribution in [0.25, 0.3) is 11.2 Å². The highest BCUT2D eigenvalue weighted by Crippen LogP contribution is 2.27. The molecular formula is C17H21N5OS. The summed E-state index contributed by atoms with van der Waals surface area (Å²) in [6.07, 6.45) is 1.08. The molecule has 6 nitrogen and oxygen atoms in total.